The average molecular weight is 438 g/mol. The third-order valence-corrected chi connectivity index (χ3v) is 5.95. The lowest BCUT2D eigenvalue weighted by atomic mass is 9.85. The Morgan fingerprint density at radius 3 is 2.63 bits per heavy atom. The molecule has 3 heterocycles. The molecule has 0 spiro atoms. The summed E-state index contributed by atoms with van der Waals surface area (Å²) in [5, 5.41) is 0.347. The molecule has 146 valence electrons. The molecule has 2 aromatic rings. The van der Waals surface area contributed by atoms with Crippen molar-refractivity contribution < 1.29 is 17.9 Å². The van der Waals surface area contributed by atoms with Crippen LogP contribution in [0, 0.1) is 23.4 Å². The minimum absolute atomic E-state index is 0. The summed E-state index contributed by atoms with van der Waals surface area (Å²) >= 11 is 1.24. The number of nitrogens with two attached hydrogens (primary N) is 1. The van der Waals surface area contributed by atoms with Crippen molar-refractivity contribution in [2.24, 2.45) is 16.6 Å². The normalized spacial score (nSPS) is 23.7. The lowest BCUT2D eigenvalue weighted by Crippen LogP contribution is -2.39. The molecular formula is C17H16Cl2F3N3OS. The first-order valence-corrected chi connectivity index (χ1v) is 8.48. The molecule has 2 N–H and O–H groups in total. The second-order valence-corrected chi connectivity index (χ2v) is 7.44. The summed E-state index contributed by atoms with van der Waals surface area (Å²) in [5.74, 6) is -2.11. The molecule has 4 rings (SSSR count). The fourth-order valence-corrected chi connectivity index (χ4v) is 4.57. The van der Waals surface area contributed by atoms with Gasteiger partial charge in [0, 0.05) is 41.4 Å². The molecular weight excluding hydrogens is 422 g/mol. The summed E-state index contributed by atoms with van der Waals surface area (Å²) in [5.41, 5.74) is 6.49. The van der Waals surface area contributed by atoms with Gasteiger partial charge in [-0.25, -0.2) is 13.2 Å². The van der Waals surface area contributed by atoms with Gasteiger partial charge in [0.2, 0.25) is 0 Å². The van der Waals surface area contributed by atoms with Gasteiger partial charge in [-0.3, -0.25) is 9.98 Å². The molecule has 0 bridgehead atoms. The van der Waals surface area contributed by atoms with Gasteiger partial charge in [-0.15, -0.1) is 24.8 Å². The van der Waals surface area contributed by atoms with Crippen molar-refractivity contribution in [3.8, 4) is 11.1 Å². The van der Waals surface area contributed by atoms with Crippen LogP contribution in [-0.2, 0) is 9.48 Å². The van der Waals surface area contributed by atoms with Gasteiger partial charge < -0.3 is 10.5 Å². The molecule has 2 atom stereocenters. The predicted octanol–water partition coefficient (Wildman–Crippen LogP) is 3.91. The number of hydrogen-bond acceptors (Lipinski definition) is 5. The number of aromatic nitrogens is 1. The van der Waals surface area contributed by atoms with Crippen LogP contribution in [-0.4, -0.2) is 29.9 Å². The molecule has 0 amide bonds. The van der Waals surface area contributed by atoms with Crippen molar-refractivity contribution in [1.29, 1.82) is 0 Å². The minimum Gasteiger partial charge on any atom is -0.379 e. The van der Waals surface area contributed by atoms with E-state index in [9.17, 15) is 13.2 Å². The van der Waals surface area contributed by atoms with E-state index in [1.165, 1.54) is 24.0 Å². The van der Waals surface area contributed by atoms with Crippen molar-refractivity contribution in [2.45, 2.75) is 4.75 Å². The highest BCUT2D eigenvalue weighted by Gasteiger charge is 2.50. The van der Waals surface area contributed by atoms with Gasteiger partial charge >= 0.3 is 0 Å². The van der Waals surface area contributed by atoms with Gasteiger partial charge in [0.1, 0.15) is 17.5 Å². The second-order valence-electron chi connectivity index (χ2n) is 6.09. The molecule has 2 aliphatic rings. The number of pyridine rings is 1. The highest BCUT2D eigenvalue weighted by atomic mass is 35.5. The monoisotopic (exact) mass is 437 g/mol. The van der Waals surface area contributed by atoms with E-state index >= 15 is 0 Å². The summed E-state index contributed by atoms with van der Waals surface area (Å²) in [6, 6.07) is 3.40. The maximum atomic E-state index is 14.7. The van der Waals surface area contributed by atoms with Gasteiger partial charge in [-0.2, -0.15) is 0 Å². The van der Waals surface area contributed by atoms with Crippen LogP contribution in [0.4, 0.5) is 13.2 Å². The SMILES string of the molecule is Cl.Cl.NC1=NC[C@H]2COC[C@]2(c2cc(-c3cncc(F)c3)c(F)cc2F)S1. The molecule has 1 saturated heterocycles. The standard InChI is InChI=1S/C17H14F3N3OS.2ClH/c18-11-1-9(4-22-6-11)12-2-13(15(20)3-14(12)19)17-8-24-7-10(17)5-23-16(21)25-17;;/h1-4,6,10H,5,7-8H2,(H2,21,23);2*1H/t10-,17-;;/m0../s1. The van der Waals surface area contributed by atoms with Crippen LogP contribution in [0.3, 0.4) is 0 Å². The maximum Gasteiger partial charge on any atom is 0.154 e. The van der Waals surface area contributed by atoms with Crippen LogP contribution in [0.15, 0.2) is 35.6 Å². The van der Waals surface area contributed by atoms with Crippen LogP contribution in [0.25, 0.3) is 11.1 Å². The molecule has 1 aromatic carbocycles. The molecule has 2 aliphatic heterocycles. The quantitative estimate of drug-likeness (QED) is 0.773. The van der Waals surface area contributed by atoms with Gasteiger partial charge in [0.15, 0.2) is 5.17 Å². The smallest absolute Gasteiger partial charge is 0.154 e. The Kier molecular flexibility index (Phi) is 6.68. The summed E-state index contributed by atoms with van der Waals surface area (Å²) < 4.78 is 47.3. The zero-order valence-corrected chi connectivity index (χ0v) is 16.3. The lowest BCUT2D eigenvalue weighted by molar-refractivity contribution is 0.183. The number of benzene rings is 1. The van der Waals surface area contributed by atoms with Crippen LogP contribution < -0.4 is 5.73 Å². The fraction of sp³-hybridized carbons (Fsp3) is 0.294. The van der Waals surface area contributed by atoms with Gasteiger partial charge in [0.25, 0.3) is 0 Å². The number of amidine groups is 1. The largest absolute Gasteiger partial charge is 0.379 e. The Morgan fingerprint density at radius 1 is 1.11 bits per heavy atom. The number of fused-ring (bicyclic) bond motifs is 1. The fourth-order valence-electron chi connectivity index (χ4n) is 3.34. The Labute approximate surface area is 170 Å². The number of hydrogen-bond donors (Lipinski definition) is 1. The molecule has 4 nitrogen and oxygen atoms in total. The third-order valence-electron chi connectivity index (χ3n) is 4.58. The highest BCUT2D eigenvalue weighted by molar-refractivity contribution is 8.14. The summed E-state index contributed by atoms with van der Waals surface area (Å²) in [4.78, 5) is 7.94. The molecule has 1 fully saturated rings. The van der Waals surface area contributed by atoms with Crippen molar-refractivity contribution in [3.05, 3.63) is 53.6 Å². The topological polar surface area (TPSA) is 60.5 Å². The molecule has 0 aliphatic carbocycles. The Balaban J connectivity index is 0.00000131. The van der Waals surface area contributed by atoms with E-state index in [1.807, 2.05) is 0 Å². The van der Waals surface area contributed by atoms with Crippen molar-refractivity contribution >= 4 is 41.7 Å². The van der Waals surface area contributed by atoms with Crippen molar-refractivity contribution in [2.75, 3.05) is 19.8 Å². The van der Waals surface area contributed by atoms with Gasteiger partial charge in [0.05, 0.1) is 24.2 Å². The number of ether oxygens (including phenoxy) is 1. The van der Waals surface area contributed by atoms with Crippen LogP contribution >= 0.6 is 36.6 Å². The van der Waals surface area contributed by atoms with Gasteiger partial charge in [-0.1, -0.05) is 11.8 Å². The number of nitrogens with zero attached hydrogens (tertiary/aromatic N) is 2. The number of halogens is 5. The number of rotatable bonds is 2. The van der Waals surface area contributed by atoms with E-state index in [0.29, 0.717) is 23.9 Å². The first kappa shape index (κ1) is 21.8. The lowest BCUT2D eigenvalue weighted by Gasteiger charge is -2.36. The number of aliphatic imine (C=N–C) groups is 1. The zero-order valence-electron chi connectivity index (χ0n) is 13.8. The molecule has 27 heavy (non-hydrogen) atoms. The molecule has 1 aromatic heterocycles. The Hall–Kier alpha value is -1.48. The first-order valence-electron chi connectivity index (χ1n) is 7.67. The van der Waals surface area contributed by atoms with E-state index in [-0.39, 0.29) is 48.5 Å². The van der Waals surface area contributed by atoms with E-state index in [1.54, 1.807) is 0 Å². The first-order chi connectivity index (χ1) is 12.0. The number of thioether (sulfide) groups is 1. The predicted molar refractivity (Wildman–Crippen MR) is 104 cm³/mol. The van der Waals surface area contributed by atoms with Crippen molar-refractivity contribution in [3.63, 3.8) is 0 Å². The summed E-state index contributed by atoms with van der Waals surface area (Å²) in [6.07, 6.45) is 2.37. The molecule has 10 heteroatoms. The minimum atomic E-state index is -0.775. The van der Waals surface area contributed by atoms with Gasteiger partial charge in [-0.05, 0) is 12.1 Å². The Morgan fingerprint density at radius 2 is 1.89 bits per heavy atom. The van der Waals surface area contributed by atoms with E-state index in [0.717, 1.165) is 18.3 Å². The third kappa shape index (κ3) is 3.76. The van der Waals surface area contributed by atoms with Crippen molar-refractivity contribution in [1.82, 2.24) is 4.98 Å². The maximum absolute atomic E-state index is 14.7. The zero-order chi connectivity index (χ0) is 17.6. The van der Waals surface area contributed by atoms with E-state index < -0.39 is 22.2 Å². The second kappa shape index (κ2) is 8.26. The molecule has 0 unspecified atom stereocenters. The molecule has 0 radical (unpaired) electrons. The van der Waals surface area contributed by atoms with Crippen LogP contribution in [0.1, 0.15) is 5.56 Å². The van der Waals surface area contributed by atoms with Crippen LogP contribution in [0.5, 0.6) is 0 Å². The summed E-state index contributed by atoms with van der Waals surface area (Å²) in [7, 11) is 0. The van der Waals surface area contributed by atoms with E-state index in [4.69, 9.17) is 10.5 Å². The average Bonchev–Trinajstić information content (AvgIpc) is 2.98. The van der Waals surface area contributed by atoms with Crippen LogP contribution in [0.2, 0.25) is 0 Å². The highest BCUT2D eigenvalue weighted by Crippen LogP contribution is 2.51. The molecule has 0 saturated carbocycles. The van der Waals surface area contributed by atoms with E-state index in [2.05, 4.69) is 9.98 Å². The Bertz CT molecular complexity index is 886. The summed E-state index contributed by atoms with van der Waals surface area (Å²) in [6.45, 7) is 1.10.